The molecule has 0 aliphatic heterocycles. The maximum Gasteiger partial charge on any atom is 0.325 e. The quantitative estimate of drug-likeness (QED) is 0.701. The lowest BCUT2D eigenvalue weighted by Crippen LogP contribution is -2.31. The van der Waals surface area contributed by atoms with Gasteiger partial charge in [0.2, 0.25) is 0 Å². The van der Waals surface area contributed by atoms with Crippen molar-refractivity contribution in [3.63, 3.8) is 0 Å². The van der Waals surface area contributed by atoms with Gasteiger partial charge in [0.05, 0.1) is 17.2 Å². The van der Waals surface area contributed by atoms with Gasteiger partial charge in [0, 0.05) is 0 Å². The van der Waals surface area contributed by atoms with Crippen LogP contribution in [0.25, 0.3) is 0 Å². The molecule has 2 aromatic rings. The lowest BCUT2D eigenvalue weighted by molar-refractivity contribution is -0.146. The highest BCUT2D eigenvalue weighted by molar-refractivity contribution is 7.12. The Kier molecular flexibility index (Phi) is 6.97. The number of carbonyl (C=O) groups is 3. The van der Waals surface area contributed by atoms with E-state index in [1.54, 1.807) is 41.8 Å². The van der Waals surface area contributed by atoms with Crippen LogP contribution in [0.2, 0.25) is 0 Å². The van der Waals surface area contributed by atoms with E-state index in [2.05, 4.69) is 10.6 Å². The molecule has 8 heteroatoms. The van der Waals surface area contributed by atoms with Gasteiger partial charge in [0.1, 0.15) is 12.3 Å². The van der Waals surface area contributed by atoms with Gasteiger partial charge in [0.15, 0.2) is 6.61 Å². The van der Waals surface area contributed by atoms with Gasteiger partial charge < -0.3 is 20.1 Å². The van der Waals surface area contributed by atoms with Crippen LogP contribution in [0.5, 0.6) is 5.75 Å². The maximum absolute atomic E-state index is 11.9. The molecule has 0 radical (unpaired) electrons. The van der Waals surface area contributed by atoms with Gasteiger partial charge in [-0.05, 0) is 30.5 Å². The fourth-order valence-corrected chi connectivity index (χ4v) is 2.52. The van der Waals surface area contributed by atoms with E-state index < -0.39 is 18.5 Å². The van der Waals surface area contributed by atoms with E-state index >= 15 is 0 Å². The summed E-state index contributed by atoms with van der Waals surface area (Å²) in [6, 6.07) is 10.3. The van der Waals surface area contributed by atoms with Crippen LogP contribution in [-0.4, -0.2) is 37.5 Å². The van der Waals surface area contributed by atoms with Crippen molar-refractivity contribution in [3.05, 3.63) is 46.7 Å². The van der Waals surface area contributed by atoms with Gasteiger partial charge in [-0.1, -0.05) is 18.2 Å². The predicted molar refractivity (Wildman–Crippen MR) is 93.9 cm³/mol. The molecule has 1 aromatic carbocycles. The number of thiophene rings is 1. The van der Waals surface area contributed by atoms with Gasteiger partial charge in [-0.15, -0.1) is 11.3 Å². The number of esters is 1. The summed E-state index contributed by atoms with van der Waals surface area (Å²) in [5.41, 5.74) is 0.497. The average molecular weight is 362 g/mol. The number of amides is 2. The van der Waals surface area contributed by atoms with E-state index in [1.807, 2.05) is 6.92 Å². The van der Waals surface area contributed by atoms with Crippen molar-refractivity contribution in [1.82, 2.24) is 5.32 Å². The van der Waals surface area contributed by atoms with Gasteiger partial charge in [-0.25, -0.2) is 0 Å². The molecule has 2 amide bonds. The summed E-state index contributed by atoms with van der Waals surface area (Å²) in [5.74, 6) is -1.02. The van der Waals surface area contributed by atoms with E-state index in [0.717, 1.165) is 0 Å². The molecule has 0 saturated carbocycles. The van der Waals surface area contributed by atoms with Gasteiger partial charge in [-0.3, -0.25) is 14.4 Å². The highest BCUT2D eigenvalue weighted by atomic mass is 32.1. The largest absolute Gasteiger partial charge is 0.492 e. The van der Waals surface area contributed by atoms with Crippen LogP contribution in [0.4, 0.5) is 5.69 Å². The maximum atomic E-state index is 11.9. The zero-order valence-electron chi connectivity index (χ0n) is 13.6. The first-order valence-electron chi connectivity index (χ1n) is 7.59. The predicted octanol–water partition coefficient (Wildman–Crippen LogP) is 2.06. The lowest BCUT2D eigenvalue weighted by Gasteiger charge is -2.11. The molecule has 132 valence electrons. The van der Waals surface area contributed by atoms with E-state index in [4.69, 9.17) is 9.47 Å². The smallest absolute Gasteiger partial charge is 0.325 e. The zero-order valence-corrected chi connectivity index (χ0v) is 14.4. The first-order chi connectivity index (χ1) is 12.1. The van der Waals surface area contributed by atoms with Crippen LogP contribution in [-0.2, 0) is 14.3 Å². The number of benzene rings is 1. The number of carbonyl (C=O) groups excluding carboxylic acids is 3. The molecule has 0 atom stereocenters. The van der Waals surface area contributed by atoms with E-state index in [0.29, 0.717) is 22.9 Å². The second kappa shape index (κ2) is 9.43. The van der Waals surface area contributed by atoms with Gasteiger partial charge in [-0.2, -0.15) is 0 Å². The Bertz CT molecular complexity index is 730. The first-order valence-corrected chi connectivity index (χ1v) is 8.47. The highest BCUT2D eigenvalue weighted by Crippen LogP contribution is 2.23. The lowest BCUT2D eigenvalue weighted by atomic mass is 10.3. The summed E-state index contributed by atoms with van der Waals surface area (Å²) in [7, 11) is 0. The zero-order chi connectivity index (χ0) is 18.1. The van der Waals surface area contributed by atoms with Crippen molar-refractivity contribution >= 4 is 34.8 Å². The number of ether oxygens (including phenoxy) is 2. The Morgan fingerprint density at radius 3 is 2.64 bits per heavy atom. The molecule has 2 N–H and O–H groups in total. The second-order valence-electron chi connectivity index (χ2n) is 4.80. The van der Waals surface area contributed by atoms with Crippen LogP contribution in [0.1, 0.15) is 16.6 Å². The average Bonchev–Trinajstić information content (AvgIpc) is 3.14. The Labute approximate surface area is 148 Å². The second-order valence-corrected chi connectivity index (χ2v) is 5.75. The molecular formula is C17H18N2O5S. The number of hydrogen-bond donors (Lipinski definition) is 2. The number of para-hydroxylation sites is 2. The van der Waals surface area contributed by atoms with Crippen molar-refractivity contribution in [2.75, 3.05) is 25.1 Å². The fourth-order valence-electron chi connectivity index (χ4n) is 1.88. The summed E-state index contributed by atoms with van der Waals surface area (Å²) in [4.78, 5) is 35.7. The van der Waals surface area contributed by atoms with Gasteiger partial charge in [0.25, 0.3) is 11.8 Å². The molecule has 25 heavy (non-hydrogen) atoms. The van der Waals surface area contributed by atoms with E-state index in [9.17, 15) is 14.4 Å². The minimum atomic E-state index is -0.696. The van der Waals surface area contributed by atoms with Crippen molar-refractivity contribution in [1.29, 1.82) is 0 Å². The van der Waals surface area contributed by atoms with Crippen LogP contribution >= 0.6 is 11.3 Å². The van der Waals surface area contributed by atoms with Crippen LogP contribution in [0, 0.1) is 0 Å². The Balaban J connectivity index is 1.74. The SMILES string of the molecule is CCOc1ccccc1NC(=O)COC(=O)CNC(=O)c1cccs1. The van der Waals surface area contributed by atoms with E-state index in [1.165, 1.54) is 11.3 Å². The molecule has 0 aliphatic carbocycles. The number of rotatable bonds is 8. The molecule has 0 unspecified atom stereocenters. The summed E-state index contributed by atoms with van der Waals surface area (Å²) in [6.45, 7) is 1.55. The van der Waals surface area contributed by atoms with Crippen LogP contribution in [0.15, 0.2) is 41.8 Å². The van der Waals surface area contributed by atoms with Crippen LogP contribution < -0.4 is 15.4 Å². The standard InChI is InChI=1S/C17H18N2O5S/c1-2-23-13-7-4-3-6-12(13)19-15(20)11-24-16(21)10-18-17(22)14-8-5-9-25-14/h3-9H,2,10-11H2,1H3,(H,18,22)(H,19,20). The minimum Gasteiger partial charge on any atom is -0.492 e. The van der Waals surface area contributed by atoms with Crippen molar-refractivity contribution in [3.8, 4) is 5.75 Å². The molecule has 1 heterocycles. The minimum absolute atomic E-state index is 0.306. The summed E-state index contributed by atoms with van der Waals surface area (Å²) >= 11 is 1.27. The van der Waals surface area contributed by atoms with Gasteiger partial charge >= 0.3 is 5.97 Å². The Morgan fingerprint density at radius 2 is 1.92 bits per heavy atom. The molecule has 1 aromatic heterocycles. The molecule has 2 rings (SSSR count). The van der Waals surface area contributed by atoms with E-state index in [-0.39, 0.29) is 12.5 Å². The number of hydrogen-bond acceptors (Lipinski definition) is 6. The van der Waals surface area contributed by atoms with Crippen molar-refractivity contribution in [2.45, 2.75) is 6.92 Å². The molecule has 0 spiro atoms. The molecule has 0 aliphatic rings. The Morgan fingerprint density at radius 1 is 1.12 bits per heavy atom. The molecular weight excluding hydrogens is 344 g/mol. The molecule has 0 bridgehead atoms. The third kappa shape index (κ3) is 5.92. The molecule has 0 fully saturated rings. The third-order valence-corrected chi connectivity index (χ3v) is 3.83. The normalized spacial score (nSPS) is 9.96. The molecule has 7 nitrogen and oxygen atoms in total. The van der Waals surface area contributed by atoms with Crippen LogP contribution in [0.3, 0.4) is 0 Å². The van der Waals surface area contributed by atoms with Crippen molar-refractivity contribution < 1.29 is 23.9 Å². The molecule has 0 saturated heterocycles. The first kappa shape index (κ1) is 18.5. The Hall–Kier alpha value is -2.87. The summed E-state index contributed by atoms with van der Waals surface area (Å²) in [5, 5.41) is 6.80. The summed E-state index contributed by atoms with van der Waals surface area (Å²) in [6.07, 6.45) is 0. The fraction of sp³-hybridized carbons (Fsp3) is 0.235. The third-order valence-electron chi connectivity index (χ3n) is 2.96. The summed E-state index contributed by atoms with van der Waals surface area (Å²) < 4.78 is 10.2. The highest BCUT2D eigenvalue weighted by Gasteiger charge is 2.12. The van der Waals surface area contributed by atoms with Crippen molar-refractivity contribution in [2.24, 2.45) is 0 Å². The monoisotopic (exact) mass is 362 g/mol. The topological polar surface area (TPSA) is 93.7 Å². The number of nitrogens with one attached hydrogen (secondary N) is 2. The number of anilines is 1.